The van der Waals surface area contributed by atoms with Gasteiger partial charge in [0.25, 0.3) is 0 Å². The minimum Gasteiger partial charge on any atom is -0.493 e. The van der Waals surface area contributed by atoms with Crippen LogP contribution >= 0.6 is 11.3 Å². The van der Waals surface area contributed by atoms with Gasteiger partial charge < -0.3 is 9.47 Å². The van der Waals surface area contributed by atoms with Crippen LogP contribution in [0.3, 0.4) is 0 Å². The van der Waals surface area contributed by atoms with Crippen molar-refractivity contribution in [2.75, 3.05) is 14.2 Å². The third kappa shape index (κ3) is 3.21. The van der Waals surface area contributed by atoms with Crippen molar-refractivity contribution in [2.45, 2.75) is 20.3 Å². The van der Waals surface area contributed by atoms with Crippen LogP contribution in [0.2, 0.25) is 0 Å². The molecule has 0 aliphatic rings. The molecule has 0 aliphatic carbocycles. The van der Waals surface area contributed by atoms with Gasteiger partial charge in [-0.25, -0.2) is 4.98 Å². The molecule has 1 aromatic heterocycles. The lowest BCUT2D eigenvalue weighted by molar-refractivity contribution is -0.120. The molecule has 1 atom stereocenters. The van der Waals surface area contributed by atoms with Crippen LogP contribution < -0.4 is 9.47 Å². The van der Waals surface area contributed by atoms with E-state index in [1.807, 2.05) is 0 Å². The first kappa shape index (κ1) is 15.4. The minimum absolute atomic E-state index is 0.00722. The van der Waals surface area contributed by atoms with Crippen molar-refractivity contribution >= 4 is 33.1 Å². The summed E-state index contributed by atoms with van der Waals surface area (Å²) in [5, 5.41) is 0.411. The number of hydrogen-bond donors (Lipinski definition) is 0. The molecule has 21 heavy (non-hydrogen) atoms. The minimum atomic E-state index is -0.284. The number of nitrogens with zero attached hydrogens (tertiary/aromatic N) is 1. The van der Waals surface area contributed by atoms with Crippen LogP contribution in [0.4, 0.5) is 0 Å². The quantitative estimate of drug-likeness (QED) is 0.767. The van der Waals surface area contributed by atoms with Gasteiger partial charge in [0.1, 0.15) is 5.78 Å². The Morgan fingerprint density at radius 1 is 1.24 bits per heavy atom. The molecular weight excluding hydrogens is 290 g/mol. The van der Waals surface area contributed by atoms with Crippen molar-refractivity contribution in [3.8, 4) is 11.5 Å². The van der Waals surface area contributed by atoms with E-state index in [0.29, 0.717) is 22.0 Å². The number of aromatic nitrogens is 1. The first-order valence-electron chi connectivity index (χ1n) is 6.52. The molecular formula is C15H17NO4S. The smallest absolute Gasteiger partial charge is 0.192 e. The van der Waals surface area contributed by atoms with Crippen molar-refractivity contribution in [2.24, 2.45) is 5.92 Å². The second kappa shape index (κ2) is 6.22. The van der Waals surface area contributed by atoms with Crippen molar-refractivity contribution in [1.29, 1.82) is 0 Å². The molecule has 0 fully saturated rings. The van der Waals surface area contributed by atoms with E-state index >= 15 is 0 Å². The summed E-state index contributed by atoms with van der Waals surface area (Å²) in [7, 11) is 3.11. The zero-order chi connectivity index (χ0) is 15.6. The number of rotatable bonds is 6. The highest BCUT2D eigenvalue weighted by atomic mass is 32.1. The van der Waals surface area contributed by atoms with E-state index in [9.17, 15) is 9.59 Å². The third-order valence-corrected chi connectivity index (χ3v) is 4.38. The number of ketones is 2. The summed E-state index contributed by atoms with van der Waals surface area (Å²) >= 11 is 1.30. The number of carbonyl (C=O) groups is 2. The standard InChI is InChI=1S/C15H17NO4S/c1-8(9(2)17)5-11(18)15-16-10-6-12(19-3)13(20-4)7-14(10)21-15/h6-8H,5H2,1-4H3. The number of ether oxygens (including phenoxy) is 2. The lowest BCUT2D eigenvalue weighted by Gasteiger charge is -2.05. The van der Waals surface area contributed by atoms with Crippen molar-refractivity contribution in [3.63, 3.8) is 0 Å². The monoisotopic (exact) mass is 307 g/mol. The van der Waals surface area contributed by atoms with Gasteiger partial charge >= 0.3 is 0 Å². The van der Waals surface area contributed by atoms with E-state index in [1.54, 1.807) is 33.3 Å². The first-order valence-corrected chi connectivity index (χ1v) is 7.34. The second-order valence-electron chi connectivity index (χ2n) is 4.83. The molecule has 0 saturated carbocycles. The molecule has 6 heteroatoms. The molecule has 5 nitrogen and oxygen atoms in total. The Kier molecular flexibility index (Phi) is 4.57. The molecule has 0 saturated heterocycles. The predicted molar refractivity (Wildman–Crippen MR) is 81.5 cm³/mol. The van der Waals surface area contributed by atoms with Crippen LogP contribution in [0, 0.1) is 5.92 Å². The fourth-order valence-corrected chi connectivity index (χ4v) is 2.81. The fourth-order valence-electron chi connectivity index (χ4n) is 1.88. The molecule has 1 unspecified atom stereocenters. The molecule has 2 aromatic rings. The number of Topliss-reactive ketones (excluding diaryl/α,β-unsaturated/α-hetero) is 2. The third-order valence-electron chi connectivity index (χ3n) is 3.32. The zero-order valence-electron chi connectivity index (χ0n) is 12.4. The SMILES string of the molecule is COc1cc2nc(C(=O)CC(C)C(C)=O)sc2cc1OC. The van der Waals surface area contributed by atoms with Crippen LogP contribution in [0.5, 0.6) is 11.5 Å². The van der Waals surface area contributed by atoms with E-state index in [1.165, 1.54) is 18.3 Å². The van der Waals surface area contributed by atoms with Gasteiger partial charge in [-0.3, -0.25) is 9.59 Å². The molecule has 2 rings (SSSR count). The highest BCUT2D eigenvalue weighted by Gasteiger charge is 2.19. The predicted octanol–water partition coefficient (Wildman–Crippen LogP) is 3.11. The zero-order valence-corrected chi connectivity index (χ0v) is 13.2. The van der Waals surface area contributed by atoms with E-state index in [4.69, 9.17) is 9.47 Å². The summed E-state index contributed by atoms with van der Waals surface area (Å²) in [6, 6.07) is 3.55. The highest BCUT2D eigenvalue weighted by molar-refractivity contribution is 7.20. The molecule has 0 N–H and O–H groups in total. The molecule has 0 radical (unpaired) electrons. The highest BCUT2D eigenvalue weighted by Crippen LogP contribution is 2.35. The fraction of sp³-hybridized carbons (Fsp3) is 0.400. The molecule has 0 amide bonds. The van der Waals surface area contributed by atoms with Gasteiger partial charge in [0.2, 0.25) is 0 Å². The van der Waals surface area contributed by atoms with E-state index in [-0.39, 0.29) is 23.9 Å². The largest absolute Gasteiger partial charge is 0.493 e. The average molecular weight is 307 g/mol. The molecule has 1 heterocycles. The van der Waals surface area contributed by atoms with Crippen molar-refractivity contribution in [1.82, 2.24) is 4.98 Å². The molecule has 112 valence electrons. The maximum Gasteiger partial charge on any atom is 0.192 e. The van der Waals surface area contributed by atoms with Gasteiger partial charge in [0.15, 0.2) is 22.3 Å². The summed E-state index contributed by atoms with van der Waals surface area (Å²) in [4.78, 5) is 27.7. The Hall–Kier alpha value is -1.95. The van der Waals surface area contributed by atoms with Crippen LogP contribution in [0.15, 0.2) is 12.1 Å². The summed E-state index contributed by atoms with van der Waals surface area (Å²) in [6.07, 6.45) is 0.184. The number of methoxy groups -OCH3 is 2. The van der Waals surface area contributed by atoms with Crippen molar-refractivity contribution in [3.05, 3.63) is 17.1 Å². The summed E-state index contributed by atoms with van der Waals surface area (Å²) in [5.41, 5.74) is 0.691. The summed E-state index contributed by atoms with van der Waals surface area (Å²) in [6.45, 7) is 3.24. The molecule has 1 aromatic carbocycles. The normalized spacial score (nSPS) is 12.2. The van der Waals surface area contributed by atoms with Gasteiger partial charge in [-0.1, -0.05) is 6.92 Å². The van der Waals surface area contributed by atoms with Crippen molar-refractivity contribution < 1.29 is 19.1 Å². The lowest BCUT2D eigenvalue weighted by Crippen LogP contribution is -2.12. The Morgan fingerprint density at radius 3 is 2.43 bits per heavy atom. The number of carbonyl (C=O) groups excluding carboxylic acids is 2. The average Bonchev–Trinajstić information content (AvgIpc) is 2.88. The van der Waals surface area contributed by atoms with Gasteiger partial charge in [-0.15, -0.1) is 11.3 Å². The van der Waals surface area contributed by atoms with Gasteiger partial charge in [-0.05, 0) is 6.92 Å². The Morgan fingerprint density at radius 2 is 1.86 bits per heavy atom. The molecule has 0 aliphatic heterocycles. The number of hydrogen-bond acceptors (Lipinski definition) is 6. The Balaban J connectivity index is 2.34. The molecule has 0 bridgehead atoms. The van der Waals surface area contributed by atoms with Crippen LogP contribution in [-0.4, -0.2) is 30.8 Å². The molecule has 0 spiro atoms. The Bertz CT molecular complexity index is 651. The van der Waals surface area contributed by atoms with Gasteiger partial charge in [0.05, 0.1) is 24.4 Å². The van der Waals surface area contributed by atoms with E-state index in [2.05, 4.69) is 4.98 Å². The van der Waals surface area contributed by atoms with Gasteiger partial charge in [0, 0.05) is 24.5 Å². The Labute approximate surface area is 126 Å². The van der Waals surface area contributed by atoms with Crippen LogP contribution in [-0.2, 0) is 4.79 Å². The first-order chi connectivity index (χ1) is 9.96. The summed E-state index contributed by atoms with van der Waals surface area (Å²) in [5.74, 6) is 0.786. The van der Waals surface area contributed by atoms with Gasteiger partial charge in [-0.2, -0.15) is 0 Å². The van der Waals surface area contributed by atoms with E-state index < -0.39 is 0 Å². The van der Waals surface area contributed by atoms with Crippen LogP contribution in [0.25, 0.3) is 10.2 Å². The topological polar surface area (TPSA) is 65.5 Å². The number of thiazole rings is 1. The van der Waals surface area contributed by atoms with Crippen LogP contribution in [0.1, 0.15) is 30.1 Å². The van der Waals surface area contributed by atoms with E-state index in [0.717, 1.165) is 4.70 Å². The number of fused-ring (bicyclic) bond motifs is 1. The maximum atomic E-state index is 12.2. The number of benzene rings is 1. The lowest BCUT2D eigenvalue weighted by atomic mass is 10.0. The second-order valence-corrected chi connectivity index (χ2v) is 5.86. The maximum absolute atomic E-state index is 12.2. The summed E-state index contributed by atoms with van der Waals surface area (Å²) < 4.78 is 11.3.